The number of rotatable bonds is 3. The van der Waals surface area contributed by atoms with Crippen molar-refractivity contribution in [3.63, 3.8) is 0 Å². The van der Waals surface area contributed by atoms with Gasteiger partial charge in [0.25, 0.3) is 0 Å². The normalized spacial score (nSPS) is 17.7. The molecule has 0 spiro atoms. The fourth-order valence-electron chi connectivity index (χ4n) is 2.78. The lowest BCUT2D eigenvalue weighted by Crippen LogP contribution is -2.15. The van der Waals surface area contributed by atoms with E-state index in [-0.39, 0.29) is 11.9 Å². The molecule has 1 atom stereocenters. The SMILES string of the molecule is COc1cc(F)ccc1NC1CCNCc2ccccc21. The first kappa shape index (κ1) is 13.9. The van der Waals surface area contributed by atoms with Crippen molar-refractivity contribution in [1.29, 1.82) is 0 Å². The maximum Gasteiger partial charge on any atom is 0.144 e. The molecule has 3 rings (SSSR count). The molecule has 1 aliphatic rings. The summed E-state index contributed by atoms with van der Waals surface area (Å²) in [5.74, 6) is 0.241. The van der Waals surface area contributed by atoms with E-state index in [4.69, 9.17) is 4.74 Å². The number of halogens is 1. The molecule has 0 radical (unpaired) electrons. The summed E-state index contributed by atoms with van der Waals surface area (Å²) in [5.41, 5.74) is 3.41. The van der Waals surface area contributed by atoms with Crippen molar-refractivity contribution in [2.45, 2.75) is 19.0 Å². The van der Waals surface area contributed by atoms with E-state index in [1.165, 1.54) is 23.3 Å². The monoisotopic (exact) mass is 286 g/mol. The molecular formula is C17H19FN2O. The molecule has 2 aromatic carbocycles. The third kappa shape index (κ3) is 3.00. The molecule has 0 bridgehead atoms. The van der Waals surface area contributed by atoms with E-state index in [1.807, 2.05) is 0 Å². The van der Waals surface area contributed by atoms with Gasteiger partial charge >= 0.3 is 0 Å². The molecule has 1 heterocycles. The predicted octanol–water partition coefficient (Wildman–Crippen LogP) is 3.48. The van der Waals surface area contributed by atoms with Crippen molar-refractivity contribution in [2.75, 3.05) is 19.0 Å². The number of nitrogens with one attached hydrogen (secondary N) is 2. The number of methoxy groups -OCH3 is 1. The van der Waals surface area contributed by atoms with Gasteiger partial charge < -0.3 is 15.4 Å². The summed E-state index contributed by atoms with van der Waals surface area (Å²) in [6.07, 6.45) is 0.970. The van der Waals surface area contributed by atoms with Crippen LogP contribution < -0.4 is 15.4 Å². The summed E-state index contributed by atoms with van der Waals surface area (Å²) in [5, 5.41) is 6.92. The highest BCUT2D eigenvalue weighted by atomic mass is 19.1. The molecule has 0 saturated carbocycles. The van der Waals surface area contributed by atoms with Crippen LogP contribution >= 0.6 is 0 Å². The van der Waals surface area contributed by atoms with Crippen LogP contribution in [0.15, 0.2) is 42.5 Å². The Kier molecular flexibility index (Phi) is 4.06. The zero-order chi connectivity index (χ0) is 14.7. The second kappa shape index (κ2) is 6.14. The van der Waals surface area contributed by atoms with E-state index in [9.17, 15) is 4.39 Å². The van der Waals surface area contributed by atoms with Gasteiger partial charge in [-0.2, -0.15) is 0 Å². The first-order chi connectivity index (χ1) is 10.3. The van der Waals surface area contributed by atoms with Crippen LogP contribution in [0.25, 0.3) is 0 Å². The molecule has 2 aromatic rings. The Bertz CT molecular complexity index is 630. The van der Waals surface area contributed by atoms with Crippen LogP contribution in [-0.2, 0) is 6.54 Å². The number of hydrogen-bond acceptors (Lipinski definition) is 3. The van der Waals surface area contributed by atoms with Crippen molar-refractivity contribution >= 4 is 5.69 Å². The summed E-state index contributed by atoms with van der Waals surface area (Å²) >= 11 is 0. The van der Waals surface area contributed by atoms with Crippen LogP contribution in [0.5, 0.6) is 5.75 Å². The smallest absolute Gasteiger partial charge is 0.144 e. The third-order valence-corrected chi connectivity index (χ3v) is 3.85. The number of anilines is 1. The predicted molar refractivity (Wildman–Crippen MR) is 82.1 cm³/mol. The lowest BCUT2D eigenvalue weighted by Gasteiger charge is -2.21. The molecule has 1 aliphatic heterocycles. The average Bonchev–Trinajstić information content (AvgIpc) is 2.71. The van der Waals surface area contributed by atoms with Crippen molar-refractivity contribution in [3.05, 3.63) is 59.4 Å². The molecule has 4 heteroatoms. The summed E-state index contributed by atoms with van der Waals surface area (Å²) in [6, 6.07) is 13.2. The maximum absolute atomic E-state index is 13.3. The Morgan fingerprint density at radius 2 is 2.10 bits per heavy atom. The fraction of sp³-hybridized carbons (Fsp3) is 0.294. The first-order valence-electron chi connectivity index (χ1n) is 7.16. The minimum absolute atomic E-state index is 0.190. The van der Waals surface area contributed by atoms with Gasteiger partial charge in [-0.1, -0.05) is 24.3 Å². The third-order valence-electron chi connectivity index (χ3n) is 3.85. The Labute approximate surface area is 124 Å². The van der Waals surface area contributed by atoms with E-state index >= 15 is 0 Å². The maximum atomic E-state index is 13.3. The lowest BCUT2D eigenvalue weighted by atomic mass is 9.99. The van der Waals surface area contributed by atoms with Gasteiger partial charge in [0.1, 0.15) is 11.6 Å². The molecule has 1 unspecified atom stereocenters. The summed E-state index contributed by atoms with van der Waals surface area (Å²) in [7, 11) is 1.56. The molecular weight excluding hydrogens is 267 g/mol. The molecule has 0 amide bonds. The van der Waals surface area contributed by atoms with Gasteiger partial charge in [0.15, 0.2) is 0 Å². The van der Waals surface area contributed by atoms with Gasteiger partial charge in [0, 0.05) is 12.6 Å². The largest absolute Gasteiger partial charge is 0.494 e. The molecule has 0 aliphatic carbocycles. The minimum Gasteiger partial charge on any atom is -0.494 e. The summed E-state index contributed by atoms with van der Waals surface area (Å²) in [4.78, 5) is 0. The lowest BCUT2D eigenvalue weighted by molar-refractivity contribution is 0.412. The molecule has 0 saturated heterocycles. The second-order valence-electron chi connectivity index (χ2n) is 5.21. The Balaban J connectivity index is 1.91. The molecule has 2 N–H and O–H groups in total. The van der Waals surface area contributed by atoms with Crippen LogP contribution in [0.3, 0.4) is 0 Å². The van der Waals surface area contributed by atoms with Crippen molar-refractivity contribution in [1.82, 2.24) is 5.32 Å². The Morgan fingerprint density at radius 3 is 2.95 bits per heavy atom. The van der Waals surface area contributed by atoms with E-state index in [2.05, 4.69) is 34.9 Å². The summed E-state index contributed by atoms with van der Waals surface area (Å²) in [6.45, 7) is 1.82. The molecule has 110 valence electrons. The number of fused-ring (bicyclic) bond motifs is 1. The number of hydrogen-bond donors (Lipinski definition) is 2. The number of benzene rings is 2. The van der Waals surface area contributed by atoms with Crippen LogP contribution in [-0.4, -0.2) is 13.7 Å². The van der Waals surface area contributed by atoms with Gasteiger partial charge in [-0.05, 0) is 36.2 Å². The Hall–Kier alpha value is -2.07. The van der Waals surface area contributed by atoms with Crippen molar-refractivity contribution in [2.24, 2.45) is 0 Å². The first-order valence-corrected chi connectivity index (χ1v) is 7.16. The van der Waals surface area contributed by atoms with Crippen molar-refractivity contribution in [3.8, 4) is 5.75 Å². The highest BCUT2D eigenvalue weighted by Gasteiger charge is 2.19. The highest BCUT2D eigenvalue weighted by molar-refractivity contribution is 5.58. The Morgan fingerprint density at radius 1 is 1.24 bits per heavy atom. The topological polar surface area (TPSA) is 33.3 Å². The molecule has 0 fully saturated rings. The van der Waals surface area contributed by atoms with Crippen LogP contribution in [0.1, 0.15) is 23.6 Å². The second-order valence-corrected chi connectivity index (χ2v) is 5.21. The van der Waals surface area contributed by atoms with Crippen LogP contribution in [0.4, 0.5) is 10.1 Å². The molecule has 21 heavy (non-hydrogen) atoms. The standard InChI is InChI=1S/C17H19FN2O/c1-21-17-10-13(18)6-7-16(17)20-15-8-9-19-11-12-4-2-3-5-14(12)15/h2-7,10,15,19-20H,8-9,11H2,1H3. The van der Waals surface area contributed by atoms with E-state index in [0.717, 1.165) is 25.2 Å². The van der Waals surface area contributed by atoms with Gasteiger partial charge in [0.05, 0.1) is 18.8 Å². The van der Waals surface area contributed by atoms with E-state index in [0.29, 0.717) is 5.75 Å². The fourth-order valence-corrected chi connectivity index (χ4v) is 2.78. The molecule has 0 aromatic heterocycles. The van der Waals surface area contributed by atoms with Gasteiger partial charge in [-0.15, -0.1) is 0 Å². The molecule has 3 nitrogen and oxygen atoms in total. The zero-order valence-corrected chi connectivity index (χ0v) is 12.0. The average molecular weight is 286 g/mol. The zero-order valence-electron chi connectivity index (χ0n) is 12.0. The number of ether oxygens (including phenoxy) is 1. The van der Waals surface area contributed by atoms with E-state index < -0.39 is 0 Å². The highest BCUT2D eigenvalue weighted by Crippen LogP contribution is 2.32. The van der Waals surface area contributed by atoms with Crippen LogP contribution in [0.2, 0.25) is 0 Å². The van der Waals surface area contributed by atoms with Gasteiger partial charge in [-0.25, -0.2) is 4.39 Å². The quantitative estimate of drug-likeness (QED) is 0.906. The van der Waals surface area contributed by atoms with Crippen LogP contribution in [0, 0.1) is 5.82 Å². The summed E-state index contributed by atoms with van der Waals surface area (Å²) < 4.78 is 18.6. The van der Waals surface area contributed by atoms with Crippen molar-refractivity contribution < 1.29 is 9.13 Å². The van der Waals surface area contributed by atoms with Gasteiger partial charge in [-0.3, -0.25) is 0 Å². The minimum atomic E-state index is -0.291. The van der Waals surface area contributed by atoms with E-state index in [1.54, 1.807) is 13.2 Å². The van der Waals surface area contributed by atoms with Gasteiger partial charge in [0.2, 0.25) is 0 Å².